The fraction of sp³-hybridized carbons (Fsp3) is 0.0800. The molecule has 0 unspecified atom stereocenters. The molecule has 5 rings (SSSR count). The van der Waals surface area contributed by atoms with Gasteiger partial charge in [0, 0.05) is 11.1 Å². The van der Waals surface area contributed by atoms with Crippen molar-refractivity contribution in [2.75, 3.05) is 12.0 Å². The number of rotatable bonds is 4. The summed E-state index contributed by atoms with van der Waals surface area (Å²) in [6.45, 7) is 0. The molecule has 1 aromatic heterocycles. The highest BCUT2D eigenvalue weighted by Gasteiger charge is 2.49. The van der Waals surface area contributed by atoms with Crippen LogP contribution in [0.2, 0.25) is 0 Å². The molecule has 1 fully saturated rings. The Hall–Kier alpha value is -4.04. The van der Waals surface area contributed by atoms with E-state index in [4.69, 9.17) is 4.74 Å². The van der Waals surface area contributed by atoms with Gasteiger partial charge in [0.25, 0.3) is 5.78 Å². The fourth-order valence-electron chi connectivity index (χ4n) is 3.90. The zero-order valence-corrected chi connectivity index (χ0v) is 18.2. The lowest BCUT2D eigenvalue weighted by Gasteiger charge is -2.23. The SMILES string of the molecule is COc1ccc2nc(N3C(=O)C(=O)/C(=C(/O)c4ccccc4)[C@@H]3c3ccccc3F)sc2c1. The first-order chi connectivity index (χ1) is 16.0. The van der Waals surface area contributed by atoms with Gasteiger partial charge in [-0.15, -0.1) is 0 Å². The quantitative estimate of drug-likeness (QED) is 0.261. The first-order valence-corrected chi connectivity index (χ1v) is 10.9. The molecule has 1 atom stereocenters. The monoisotopic (exact) mass is 460 g/mol. The summed E-state index contributed by atoms with van der Waals surface area (Å²) < 4.78 is 20.9. The molecule has 1 N–H and O–H groups in total. The first-order valence-electron chi connectivity index (χ1n) is 10.0. The normalized spacial score (nSPS) is 17.6. The van der Waals surface area contributed by atoms with Gasteiger partial charge < -0.3 is 9.84 Å². The summed E-state index contributed by atoms with van der Waals surface area (Å²) in [7, 11) is 1.55. The van der Waals surface area contributed by atoms with E-state index in [1.54, 1.807) is 61.7 Å². The number of aromatic nitrogens is 1. The predicted molar refractivity (Wildman–Crippen MR) is 124 cm³/mol. The van der Waals surface area contributed by atoms with Crippen LogP contribution in [0.5, 0.6) is 5.75 Å². The number of aliphatic hydroxyl groups excluding tert-OH is 1. The fourth-order valence-corrected chi connectivity index (χ4v) is 4.92. The number of Topliss-reactive ketones (excluding diaryl/α,β-unsaturated/α-hetero) is 1. The molecule has 1 saturated heterocycles. The van der Waals surface area contributed by atoms with Crippen LogP contribution in [0.3, 0.4) is 0 Å². The Morgan fingerprint density at radius 2 is 1.79 bits per heavy atom. The molecule has 1 amide bonds. The number of halogens is 1. The van der Waals surface area contributed by atoms with Gasteiger partial charge in [0.2, 0.25) is 0 Å². The molecule has 0 spiro atoms. The number of nitrogens with zero attached hydrogens (tertiary/aromatic N) is 2. The second-order valence-electron chi connectivity index (χ2n) is 7.39. The number of carbonyl (C=O) groups excluding carboxylic acids is 2. The van der Waals surface area contributed by atoms with E-state index in [1.807, 2.05) is 0 Å². The molecule has 8 heteroatoms. The van der Waals surface area contributed by atoms with Crippen molar-refractivity contribution in [3.05, 3.63) is 95.3 Å². The van der Waals surface area contributed by atoms with Gasteiger partial charge in [-0.25, -0.2) is 9.37 Å². The maximum atomic E-state index is 14.9. The van der Waals surface area contributed by atoms with Crippen molar-refractivity contribution in [2.24, 2.45) is 0 Å². The third-order valence-electron chi connectivity index (χ3n) is 5.48. The van der Waals surface area contributed by atoms with Crippen molar-refractivity contribution in [3.63, 3.8) is 0 Å². The summed E-state index contributed by atoms with van der Waals surface area (Å²) in [5, 5.41) is 11.3. The van der Waals surface area contributed by atoms with Gasteiger partial charge in [0.1, 0.15) is 23.4 Å². The Bertz CT molecular complexity index is 1430. The maximum Gasteiger partial charge on any atom is 0.301 e. The number of anilines is 1. The van der Waals surface area contributed by atoms with E-state index in [2.05, 4.69) is 4.98 Å². The van der Waals surface area contributed by atoms with Crippen LogP contribution in [0.1, 0.15) is 17.2 Å². The third-order valence-corrected chi connectivity index (χ3v) is 6.50. The highest BCUT2D eigenvalue weighted by molar-refractivity contribution is 7.22. The van der Waals surface area contributed by atoms with Gasteiger partial charge in [0.15, 0.2) is 5.13 Å². The number of ether oxygens (including phenoxy) is 1. The number of carbonyl (C=O) groups is 2. The highest BCUT2D eigenvalue weighted by atomic mass is 32.1. The number of ketones is 1. The van der Waals surface area contributed by atoms with Crippen molar-refractivity contribution in [1.82, 2.24) is 4.98 Å². The molecule has 1 aliphatic rings. The second kappa shape index (κ2) is 8.14. The average Bonchev–Trinajstić information content (AvgIpc) is 3.37. The zero-order valence-electron chi connectivity index (χ0n) is 17.4. The van der Waals surface area contributed by atoms with E-state index in [9.17, 15) is 19.1 Å². The van der Waals surface area contributed by atoms with E-state index in [1.165, 1.54) is 29.5 Å². The molecular weight excluding hydrogens is 443 g/mol. The van der Waals surface area contributed by atoms with E-state index in [-0.39, 0.29) is 22.0 Å². The Morgan fingerprint density at radius 3 is 2.52 bits per heavy atom. The van der Waals surface area contributed by atoms with Crippen LogP contribution in [0, 0.1) is 5.82 Å². The topological polar surface area (TPSA) is 79.7 Å². The largest absolute Gasteiger partial charge is 0.507 e. The second-order valence-corrected chi connectivity index (χ2v) is 8.40. The number of fused-ring (bicyclic) bond motifs is 1. The van der Waals surface area contributed by atoms with Crippen molar-refractivity contribution < 1.29 is 23.8 Å². The number of hydrogen-bond donors (Lipinski definition) is 1. The summed E-state index contributed by atoms with van der Waals surface area (Å²) in [6, 6.07) is 18.4. The van der Waals surface area contributed by atoms with Crippen LogP contribution in [-0.2, 0) is 9.59 Å². The Kier molecular flexibility index (Phi) is 5.14. The first kappa shape index (κ1) is 20.8. The van der Waals surface area contributed by atoms with Crippen LogP contribution in [0.4, 0.5) is 9.52 Å². The van der Waals surface area contributed by atoms with Gasteiger partial charge in [-0.1, -0.05) is 59.9 Å². The minimum atomic E-state index is -1.17. The molecule has 1 aliphatic heterocycles. The van der Waals surface area contributed by atoms with Gasteiger partial charge in [-0.3, -0.25) is 14.5 Å². The summed E-state index contributed by atoms with van der Waals surface area (Å²) in [4.78, 5) is 32.0. The van der Waals surface area contributed by atoms with Crippen LogP contribution in [0.15, 0.2) is 78.4 Å². The number of hydrogen-bond acceptors (Lipinski definition) is 6. The summed E-state index contributed by atoms with van der Waals surface area (Å²) in [6.07, 6.45) is 0. The molecule has 3 aromatic carbocycles. The van der Waals surface area contributed by atoms with Crippen LogP contribution in [0.25, 0.3) is 16.0 Å². The number of thiazole rings is 1. The van der Waals surface area contributed by atoms with Gasteiger partial charge in [-0.2, -0.15) is 0 Å². The summed E-state index contributed by atoms with van der Waals surface area (Å²) in [5.41, 5.74) is 0.859. The van der Waals surface area contributed by atoms with E-state index >= 15 is 0 Å². The molecule has 4 aromatic rings. The Morgan fingerprint density at radius 1 is 1.06 bits per heavy atom. The number of amides is 1. The molecule has 6 nitrogen and oxygen atoms in total. The summed E-state index contributed by atoms with van der Waals surface area (Å²) in [5.74, 6) is -2.13. The van der Waals surface area contributed by atoms with Crippen LogP contribution < -0.4 is 9.64 Å². The third kappa shape index (κ3) is 3.44. The molecule has 2 heterocycles. The van der Waals surface area contributed by atoms with Crippen LogP contribution >= 0.6 is 11.3 Å². The van der Waals surface area contributed by atoms with Gasteiger partial charge in [0.05, 0.1) is 22.9 Å². The van der Waals surface area contributed by atoms with Crippen LogP contribution in [-0.4, -0.2) is 28.9 Å². The van der Waals surface area contributed by atoms with E-state index < -0.39 is 23.5 Å². The van der Waals surface area contributed by atoms with Gasteiger partial charge >= 0.3 is 5.91 Å². The maximum absolute atomic E-state index is 14.9. The zero-order chi connectivity index (χ0) is 23.1. The van der Waals surface area contributed by atoms with E-state index in [0.29, 0.717) is 16.8 Å². The van der Waals surface area contributed by atoms with Crippen molar-refractivity contribution >= 4 is 44.1 Å². The molecular formula is C25H17FN2O4S. The molecule has 0 radical (unpaired) electrons. The minimum Gasteiger partial charge on any atom is -0.507 e. The lowest BCUT2D eigenvalue weighted by atomic mass is 9.95. The standard InChI is InChI=1S/C25H17FN2O4S/c1-32-15-11-12-18-19(13-15)33-25(27-18)28-21(16-9-5-6-10-17(16)26)20(23(30)24(28)31)22(29)14-7-3-2-4-8-14/h2-13,21,29H,1H3/b22-20+/t21-/m0/s1. The molecule has 33 heavy (non-hydrogen) atoms. The Labute approximate surface area is 192 Å². The Balaban J connectivity index is 1.74. The smallest absolute Gasteiger partial charge is 0.301 e. The lowest BCUT2D eigenvalue weighted by molar-refractivity contribution is -0.132. The number of aliphatic hydroxyl groups is 1. The number of benzene rings is 3. The van der Waals surface area contributed by atoms with Crippen molar-refractivity contribution in [1.29, 1.82) is 0 Å². The van der Waals surface area contributed by atoms with Crippen molar-refractivity contribution in [3.8, 4) is 5.75 Å². The molecule has 0 saturated carbocycles. The summed E-state index contributed by atoms with van der Waals surface area (Å²) >= 11 is 1.18. The van der Waals surface area contributed by atoms with E-state index in [0.717, 1.165) is 9.60 Å². The number of methoxy groups -OCH3 is 1. The molecule has 164 valence electrons. The predicted octanol–water partition coefficient (Wildman–Crippen LogP) is 5.07. The van der Waals surface area contributed by atoms with Gasteiger partial charge in [-0.05, 0) is 24.3 Å². The molecule has 0 aliphatic carbocycles. The molecule has 0 bridgehead atoms. The average molecular weight is 460 g/mol. The van der Waals surface area contributed by atoms with Crippen molar-refractivity contribution in [2.45, 2.75) is 6.04 Å². The highest BCUT2D eigenvalue weighted by Crippen LogP contribution is 2.45. The minimum absolute atomic E-state index is 0.0889. The lowest BCUT2D eigenvalue weighted by Crippen LogP contribution is -2.29.